The molecular weight excluding hydrogens is 126 g/mol. The zero-order valence-corrected chi connectivity index (χ0v) is 6.63. The molecule has 0 aliphatic heterocycles. The number of nitrogens with two attached hydrogens (primary N) is 1. The van der Waals surface area contributed by atoms with Gasteiger partial charge >= 0.3 is 0 Å². The smallest absolute Gasteiger partial charge is 0.200 e. The molecule has 0 bridgehead atoms. The number of hydrogen-bond donors (Lipinski definition) is 1. The topological polar surface area (TPSA) is 43.8 Å². The van der Waals surface area contributed by atoms with E-state index in [0.29, 0.717) is 12.0 Å². The molecule has 1 aromatic heterocycles. The molecule has 0 aromatic carbocycles. The van der Waals surface area contributed by atoms with Gasteiger partial charge in [-0.1, -0.05) is 0 Å². The lowest BCUT2D eigenvalue weighted by atomic mass is 10.3. The summed E-state index contributed by atoms with van der Waals surface area (Å²) in [5, 5.41) is 0. The molecule has 0 fully saturated rings. The highest BCUT2D eigenvalue weighted by molar-refractivity contribution is 5.22. The van der Waals surface area contributed by atoms with Gasteiger partial charge in [-0.25, -0.2) is 4.98 Å². The van der Waals surface area contributed by atoms with Crippen LogP contribution in [0.5, 0.6) is 0 Å². The van der Waals surface area contributed by atoms with Gasteiger partial charge < -0.3 is 10.3 Å². The average molecular weight is 139 g/mol. The molecule has 0 unspecified atom stereocenters. The van der Waals surface area contributed by atoms with Crippen molar-refractivity contribution in [3.05, 3.63) is 11.9 Å². The SMILES string of the molecule is Cc1cnc(N)n1C(C)C. The van der Waals surface area contributed by atoms with Crippen LogP contribution in [0, 0.1) is 6.92 Å². The van der Waals surface area contributed by atoms with E-state index in [9.17, 15) is 0 Å². The van der Waals surface area contributed by atoms with E-state index in [1.807, 2.05) is 11.5 Å². The summed E-state index contributed by atoms with van der Waals surface area (Å²) in [5.74, 6) is 0.604. The van der Waals surface area contributed by atoms with Crippen molar-refractivity contribution in [2.75, 3.05) is 5.73 Å². The zero-order valence-electron chi connectivity index (χ0n) is 6.63. The Hall–Kier alpha value is -0.990. The van der Waals surface area contributed by atoms with Gasteiger partial charge in [-0.3, -0.25) is 0 Å². The molecule has 0 aliphatic carbocycles. The van der Waals surface area contributed by atoms with Crippen LogP contribution in [-0.2, 0) is 0 Å². The molecule has 0 spiro atoms. The van der Waals surface area contributed by atoms with Gasteiger partial charge in [0.1, 0.15) is 0 Å². The average Bonchev–Trinajstić information content (AvgIpc) is 2.11. The monoisotopic (exact) mass is 139 g/mol. The molecule has 56 valence electrons. The number of anilines is 1. The summed E-state index contributed by atoms with van der Waals surface area (Å²) < 4.78 is 2.00. The number of nitrogen functional groups attached to an aromatic ring is 1. The summed E-state index contributed by atoms with van der Waals surface area (Å²) in [6, 6.07) is 0.405. The Balaban J connectivity index is 3.10. The Morgan fingerprint density at radius 1 is 1.60 bits per heavy atom. The maximum Gasteiger partial charge on any atom is 0.200 e. The van der Waals surface area contributed by atoms with Crippen LogP contribution in [0.4, 0.5) is 5.95 Å². The highest BCUT2D eigenvalue weighted by atomic mass is 15.2. The van der Waals surface area contributed by atoms with Crippen molar-refractivity contribution in [1.82, 2.24) is 9.55 Å². The van der Waals surface area contributed by atoms with E-state index in [2.05, 4.69) is 18.8 Å². The number of aromatic nitrogens is 2. The van der Waals surface area contributed by atoms with E-state index in [4.69, 9.17) is 5.73 Å². The summed E-state index contributed by atoms with van der Waals surface area (Å²) in [6.45, 7) is 6.18. The Kier molecular flexibility index (Phi) is 1.66. The quantitative estimate of drug-likeness (QED) is 0.638. The molecule has 2 N–H and O–H groups in total. The third kappa shape index (κ3) is 0.988. The highest BCUT2D eigenvalue weighted by Crippen LogP contribution is 2.13. The van der Waals surface area contributed by atoms with Crippen molar-refractivity contribution in [2.24, 2.45) is 0 Å². The molecule has 1 rings (SSSR count). The van der Waals surface area contributed by atoms with Crippen LogP contribution in [0.3, 0.4) is 0 Å². The van der Waals surface area contributed by atoms with Gasteiger partial charge in [0.15, 0.2) is 0 Å². The number of imidazole rings is 1. The van der Waals surface area contributed by atoms with Crippen molar-refractivity contribution in [1.29, 1.82) is 0 Å². The van der Waals surface area contributed by atoms with Crippen LogP contribution >= 0.6 is 0 Å². The lowest BCUT2D eigenvalue weighted by Crippen LogP contribution is -2.06. The first-order chi connectivity index (χ1) is 4.63. The molecule has 0 atom stereocenters. The molecule has 1 heterocycles. The fourth-order valence-electron chi connectivity index (χ4n) is 1.14. The van der Waals surface area contributed by atoms with Crippen molar-refractivity contribution < 1.29 is 0 Å². The summed E-state index contributed by atoms with van der Waals surface area (Å²) >= 11 is 0. The van der Waals surface area contributed by atoms with Gasteiger partial charge in [-0.15, -0.1) is 0 Å². The lowest BCUT2D eigenvalue weighted by molar-refractivity contribution is 0.595. The van der Waals surface area contributed by atoms with Crippen molar-refractivity contribution >= 4 is 5.95 Å². The van der Waals surface area contributed by atoms with Crippen LogP contribution in [-0.4, -0.2) is 9.55 Å². The first-order valence-corrected chi connectivity index (χ1v) is 3.42. The fourth-order valence-corrected chi connectivity index (χ4v) is 1.14. The molecule has 10 heavy (non-hydrogen) atoms. The van der Waals surface area contributed by atoms with E-state index in [-0.39, 0.29) is 0 Å². The van der Waals surface area contributed by atoms with Gasteiger partial charge in [0.25, 0.3) is 0 Å². The van der Waals surface area contributed by atoms with E-state index in [1.54, 1.807) is 6.20 Å². The molecule has 0 aliphatic rings. The molecule has 0 saturated carbocycles. The van der Waals surface area contributed by atoms with Crippen LogP contribution in [0.1, 0.15) is 25.6 Å². The molecular formula is C7H13N3. The Morgan fingerprint density at radius 3 is 2.40 bits per heavy atom. The van der Waals surface area contributed by atoms with E-state index >= 15 is 0 Å². The van der Waals surface area contributed by atoms with Gasteiger partial charge in [0.2, 0.25) is 5.95 Å². The second kappa shape index (κ2) is 2.33. The predicted octanol–water partition coefficient (Wildman–Crippen LogP) is 1.35. The van der Waals surface area contributed by atoms with Crippen LogP contribution < -0.4 is 5.73 Å². The Morgan fingerprint density at radius 2 is 2.20 bits per heavy atom. The Labute approximate surface area is 60.9 Å². The maximum absolute atomic E-state index is 5.59. The van der Waals surface area contributed by atoms with Gasteiger partial charge in [0.05, 0.1) is 6.20 Å². The standard InChI is InChI=1S/C7H13N3/c1-5(2)10-6(3)4-9-7(10)8/h4-5H,1-3H3,(H2,8,9). The summed E-state index contributed by atoms with van der Waals surface area (Å²) in [5.41, 5.74) is 6.71. The maximum atomic E-state index is 5.59. The van der Waals surface area contributed by atoms with Gasteiger partial charge in [-0.05, 0) is 20.8 Å². The number of nitrogens with zero attached hydrogens (tertiary/aromatic N) is 2. The second-order valence-electron chi connectivity index (χ2n) is 2.72. The van der Waals surface area contributed by atoms with Crippen molar-refractivity contribution in [3.63, 3.8) is 0 Å². The Bertz CT molecular complexity index is 205. The minimum absolute atomic E-state index is 0.405. The van der Waals surface area contributed by atoms with Crippen molar-refractivity contribution in [2.45, 2.75) is 26.8 Å². The molecule has 3 nitrogen and oxygen atoms in total. The summed E-state index contributed by atoms with van der Waals surface area (Å²) in [6.07, 6.45) is 1.79. The number of hydrogen-bond acceptors (Lipinski definition) is 2. The van der Waals surface area contributed by atoms with Crippen LogP contribution in [0.15, 0.2) is 6.20 Å². The minimum Gasteiger partial charge on any atom is -0.369 e. The fraction of sp³-hybridized carbons (Fsp3) is 0.571. The third-order valence-corrected chi connectivity index (χ3v) is 1.53. The van der Waals surface area contributed by atoms with E-state index < -0.39 is 0 Å². The molecule has 0 radical (unpaired) electrons. The van der Waals surface area contributed by atoms with Crippen molar-refractivity contribution in [3.8, 4) is 0 Å². The number of rotatable bonds is 1. The summed E-state index contributed by atoms with van der Waals surface area (Å²) in [4.78, 5) is 3.98. The largest absolute Gasteiger partial charge is 0.369 e. The zero-order chi connectivity index (χ0) is 7.72. The van der Waals surface area contributed by atoms with E-state index in [1.165, 1.54) is 0 Å². The molecule has 1 aromatic rings. The normalized spacial score (nSPS) is 10.8. The number of aryl methyl sites for hydroxylation is 1. The summed E-state index contributed by atoms with van der Waals surface area (Å²) in [7, 11) is 0. The second-order valence-corrected chi connectivity index (χ2v) is 2.72. The predicted molar refractivity (Wildman–Crippen MR) is 41.8 cm³/mol. The molecule has 0 amide bonds. The highest BCUT2D eigenvalue weighted by Gasteiger charge is 2.04. The van der Waals surface area contributed by atoms with Gasteiger partial charge in [-0.2, -0.15) is 0 Å². The van der Waals surface area contributed by atoms with Gasteiger partial charge in [0, 0.05) is 11.7 Å². The first kappa shape index (κ1) is 7.12. The van der Waals surface area contributed by atoms with E-state index in [0.717, 1.165) is 5.69 Å². The van der Waals surface area contributed by atoms with Crippen LogP contribution in [0.25, 0.3) is 0 Å². The minimum atomic E-state index is 0.405. The first-order valence-electron chi connectivity index (χ1n) is 3.42. The molecule has 3 heteroatoms. The van der Waals surface area contributed by atoms with Crippen LogP contribution in [0.2, 0.25) is 0 Å². The lowest BCUT2D eigenvalue weighted by Gasteiger charge is -2.10. The molecule has 0 saturated heterocycles. The third-order valence-electron chi connectivity index (χ3n) is 1.53.